The number of hydrogen-bond acceptors (Lipinski definition) is 3. The minimum Gasteiger partial charge on any atom is -0.481 e. The van der Waals surface area contributed by atoms with Crippen LogP contribution in [0.3, 0.4) is 0 Å². The SMILES string of the molecule is CC(C)(CC(=O)O)c1ccc([N+](=O)[O-])c(F)c1. The largest absolute Gasteiger partial charge is 0.481 e. The lowest BCUT2D eigenvalue weighted by atomic mass is 9.81. The number of nitro groups is 1. The molecular formula is C11H12FNO4. The molecule has 0 atom stereocenters. The summed E-state index contributed by atoms with van der Waals surface area (Å²) >= 11 is 0. The molecule has 0 radical (unpaired) electrons. The molecule has 0 heterocycles. The van der Waals surface area contributed by atoms with E-state index in [4.69, 9.17) is 5.11 Å². The number of nitro benzene ring substituents is 1. The van der Waals surface area contributed by atoms with Crippen LogP contribution in [0.4, 0.5) is 10.1 Å². The molecular weight excluding hydrogens is 229 g/mol. The van der Waals surface area contributed by atoms with Gasteiger partial charge >= 0.3 is 11.7 Å². The second-order valence-electron chi connectivity index (χ2n) is 4.38. The van der Waals surface area contributed by atoms with Crippen LogP contribution in [-0.4, -0.2) is 16.0 Å². The van der Waals surface area contributed by atoms with Gasteiger partial charge < -0.3 is 5.11 Å². The fraction of sp³-hybridized carbons (Fsp3) is 0.364. The van der Waals surface area contributed by atoms with Gasteiger partial charge in [-0.05, 0) is 11.6 Å². The quantitative estimate of drug-likeness (QED) is 0.648. The Morgan fingerprint density at radius 1 is 1.53 bits per heavy atom. The number of aliphatic carboxylic acids is 1. The van der Waals surface area contributed by atoms with Crippen LogP contribution in [-0.2, 0) is 10.2 Å². The smallest absolute Gasteiger partial charge is 0.304 e. The summed E-state index contributed by atoms with van der Waals surface area (Å²) in [4.78, 5) is 20.3. The van der Waals surface area contributed by atoms with Crippen LogP contribution in [0.15, 0.2) is 18.2 Å². The van der Waals surface area contributed by atoms with Crippen molar-refractivity contribution in [3.8, 4) is 0 Å². The maximum Gasteiger partial charge on any atom is 0.304 e. The fourth-order valence-corrected chi connectivity index (χ4v) is 1.56. The molecule has 0 fully saturated rings. The molecule has 0 amide bonds. The highest BCUT2D eigenvalue weighted by Crippen LogP contribution is 2.30. The Morgan fingerprint density at radius 2 is 2.12 bits per heavy atom. The molecule has 6 heteroatoms. The van der Waals surface area contributed by atoms with Gasteiger partial charge in [-0.1, -0.05) is 19.9 Å². The summed E-state index contributed by atoms with van der Waals surface area (Å²) in [5.41, 5.74) is -0.968. The van der Waals surface area contributed by atoms with E-state index in [2.05, 4.69) is 0 Å². The molecule has 0 bridgehead atoms. The van der Waals surface area contributed by atoms with Crippen molar-refractivity contribution in [2.24, 2.45) is 0 Å². The Bertz CT molecular complexity index is 471. The molecule has 0 saturated carbocycles. The van der Waals surface area contributed by atoms with E-state index in [0.717, 1.165) is 12.1 Å². The van der Waals surface area contributed by atoms with Crippen LogP contribution in [0.5, 0.6) is 0 Å². The van der Waals surface area contributed by atoms with Crippen LogP contribution in [0.1, 0.15) is 25.8 Å². The van der Waals surface area contributed by atoms with Crippen molar-refractivity contribution in [2.45, 2.75) is 25.7 Å². The maximum atomic E-state index is 13.4. The zero-order valence-corrected chi connectivity index (χ0v) is 9.44. The number of carboxylic acid groups (broad SMARTS) is 1. The molecule has 5 nitrogen and oxygen atoms in total. The number of rotatable bonds is 4. The maximum absolute atomic E-state index is 13.4. The number of nitrogens with zero attached hydrogens (tertiary/aromatic N) is 1. The summed E-state index contributed by atoms with van der Waals surface area (Å²) < 4.78 is 13.4. The van der Waals surface area contributed by atoms with E-state index >= 15 is 0 Å². The number of benzene rings is 1. The van der Waals surface area contributed by atoms with E-state index in [9.17, 15) is 19.3 Å². The van der Waals surface area contributed by atoms with Gasteiger partial charge in [0.25, 0.3) is 0 Å². The van der Waals surface area contributed by atoms with Gasteiger partial charge in [-0.2, -0.15) is 4.39 Å². The molecule has 92 valence electrons. The fourth-order valence-electron chi connectivity index (χ4n) is 1.56. The molecule has 0 aliphatic carbocycles. The Labute approximate surface area is 97.0 Å². The summed E-state index contributed by atoms with van der Waals surface area (Å²) in [6, 6.07) is 3.44. The molecule has 1 aromatic rings. The van der Waals surface area contributed by atoms with Gasteiger partial charge in [0.1, 0.15) is 0 Å². The molecule has 0 spiro atoms. The van der Waals surface area contributed by atoms with Gasteiger partial charge in [0.05, 0.1) is 11.3 Å². The summed E-state index contributed by atoms with van der Waals surface area (Å²) in [6.07, 6.45) is -0.176. The zero-order chi connectivity index (χ0) is 13.2. The highest BCUT2D eigenvalue weighted by molar-refractivity contribution is 5.69. The van der Waals surface area contributed by atoms with Crippen molar-refractivity contribution >= 4 is 11.7 Å². The Balaban J connectivity index is 3.13. The van der Waals surface area contributed by atoms with E-state index in [1.165, 1.54) is 6.07 Å². The lowest BCUT2D eigenvalue weighted by molar-refractivity contribution is -0.387. The standard InChI is InChI=1S/C11H12FNO4/c1-11(2,6-10(14)15)7-3-4-9(13(16)17)8(12)5-7/h3-5H,6H2,1-2H3,(H,14,15). The van der Waals surface area contributed by atoms with Crippen molar-refractivity contribution in [2.75, 3.05) is 0 Å². The second kappa shape index (κ2) is 4.48. The first kappa shape index (κ1) is 13.1. The van der Waals surface area contributed by atoms with Crippen LogP contribution >= 0.6 is 0 Å². The summed E-state index contributed by atoms with van der Waals surface area (Å²) in [6.45, 7) is 3.28. The first-order valence-corrected chi connectivity index (χ1v) is 4.90. The first-order valence-electron chi connectivity index (χ1n) is 4.90. The minimum atomic E-state index is -1.01. The van der Waals surface area contributed by atoms with Gasteiger partial charge in [-0.25, -0.2) is 0 Å². The predicted octanol–water partition coefficient (Wildman–Crippen LogP) is 2.49. The third kappa shape index (κ3) is 2.99. The topological polar surface area (TPSA) is 80.4 Å². The highest BCUT2D eigenvalue weighted by Gasteiger charge is 2.26. The van der Waals surface area contributed by atoms with Crippen LogP contribution in [0.25, 0.3) is 0 Å². The van der Waals surface area contributed by atoms with Gasteiger partial charge in [0.2, 0.25) is 5.82 Å². The Morgan fingerprint density at radius 3 is 2.53 bits per heavy atom. The lowest BCUT2D eigenvalue weighted by Gasteiger charge is -2.22. The third-order valence-electron chi connectivity index (χ3n) is 2.52. The predicted molar refractivity (Wildman–Crippen MR) is 58.3 cm³/mol. The Kier molecular flexibility index (Phi) is 3.45. The van der Waals surface area contributed by atoms with Crippen molar-refractivity contribution in [1.82, 2.24) is 0 Å². The van der Waals surface area contributed by atoms with Crippen molar-refractivity contribution in [1.29, 1.82) is 0 Å². The molecule has 0 aromatic heterocycles. The summed E-state index contributed by atoms with van der Waals surface area (Å²) in [5, 5.41) is 19.2. The molecule has 0 aliphatic heterocycles. The molecule has 0 aliphatic rings. The van der Waals surface area contributed by atoms with E-state index in [-0.39, 0.29) is 6.42 Å². The molecule has 1 N–H and O–H groups in total. The third-order valence-corrected chi connectivity index (χ3v) is 2.52. The second-order valence-corrected chi connectivity index (χ2v) is 4.38. The number of carboxylic acids is 1. The Hall–Kier alpha value is -1.98. The van der Waals surface area contributed by atoms with E-state index in [1.54, 1.807) is 13.8 Å². The van der Waals surface area contributed by atoms with Crippen LogP contribution < -0.4 is 0 Å². The van der Waals surface area contributed by atoms with Gasteiger partial charge in [-0.15, -0.1) is 0 Å². The molecule has 0 saturated heterocycles. The number of carbonyl (C=O) groups is 1. The van der Waals surface area contributed by atoms with Gasteiger partial charge in [-0.3, -0.25) is 14.9 Å². The van der Waals surface area contributed by atoms with Gasteiger partial charge in [0.15, 0.2) is 0 Å². The highest BCUT2D eigenvalue weighted by atomic mass is 19.1. The average molecular weight is 241 g/mol. The number of halogens is 1. The monoisotopic (exact) mass is 241 g/mol. The van der Waals surface area contributed by atoms with Crippen LogP contribution in [0.2, 0.25) is 0 Å². The zero-order valence-electron chi connectivity index (χ0n) is 9.44. The normalized spacial score (nSPS) is 11.2. The molecule has 0 unspecified atom stereocenters. The van der Waals surface area contributed by atoms with Crippen LogP contribution in [0, 0.1) is 15.9 Å². The van der Waals surface area contributed by atoms with Gasteiger partial charge in [0, 0.05) is 11.5 Å². The van der Waals surface area contributed by atoms with Crippen molar-refractivity contribution in [3.63, 3.8) is 0 Å². The van der Waals surface area contributed by atoms with E-state index in [0.29, 0.717) is 5.56 Å². The average Bonchev–Trinajstić information content (AvgIpc) is 2.14. The molecule has 1 aromatic carbocycles. The lowest BCUT2D eigenvalue weighted by Crippen LogP contribution is -2.21. The van der Waals surface area contributed by atoms with E-state index in [1.807, 2.05) is 0 Å². The van der Waals surface area contributed by atoms with Crippen molar-refractivity contribution < 1.29 is 19.2 Å². The molecule has 1 rings (SSSR count). The number of hydrogen-bond donors (Lipinski definition) is 1. The van der Waals surface area contributed by atoms with E-state index < -0.39 is 27.8 Å². The molecule has 17 heavy (non-hydrogen) atoms. The minimum absolute atomic E-state index is 0.176. The first-order chi connectivity index (χ1) is 7.74. The summed E-state index contributed by atoms with van der Waals surface area (Å²) in [7, 11) is 0. The van der Waals surface area contributed by atoms with Crippen molar-refractivity contribution in [3.05, 3.63) is 39.7 Å². The summed E-state index contributed by atoms with van der Waals surface area (Å²) in [5.74, 6) is -1.96.